The fraction of sp³-hybridized carbons (Fsp3) is 0.0800. The standard InChI is InChI=1S/C25H16Cl3FN6O2S2/c26-14-9-8-13(10-16(14)28)35-20(11-30-23(37)22-15(27)4-3-5-17(22)29)33-34-25(35)38-12-21(36)32-24-31-18-6-1-2-7-19(18)39-24/h1-10H,11-12H2,(H,30,37)(H,31,32,36). The van der Waals surface area contributed by atoms with Gasteiger partial charge in [0.2, 0.25) is 5.91 Å². The van der Waals surface area contributed by atoms with Gasteiger partial charge in [-0.1, -0.05) is 76.1 Å². The number of carbonyl (C=O) groups is 2. The first-order chi connectivity index (χ1) is 18.8. The molecule has 0 unspecified atom stereocenters. The van der Waals surface area contributed by atoms with Gasteiger partial charge in [0.05, 0.1) is 48.8 Å². The van der Waals surface area contributed by atoms with Crippen LogP contribution in [0.3, 0.4) is 0 Å². The Morgan fingerprint density at radius 3 is 2.56 bits per heavy atom. The summed E-state index contributed by atoms with van der Waals surface area (Å²) in [5.41, 5.74) is 1.07. The number of fused-ring (bicyclic) bond motifs is 1. The number of nitrogens with zero attached hydrogens (tertiary/aromatic N) is 4. The quantitative estimate of drug-likeness (QED) is 0.189. The summed E-state index contributed by atoms with van der Waals surface area (Å²) in [6, 6.07) is 16.5. The molecule has 198 valence electrons. The molecule has 2 N–H and O–H groups in total. The summed E-state index contributed by atoms with van der Waals surface area (Å²) in [5.74, 6) is -1.44. The molecule has 2 aromatic heterocycles. The zero-order valence-corrected chi connectivity index (χ0v) is 23.5. The van der Waals surface area contributed by atoms with Crippen molar-refractivity contribution in [1.29, 1.82) is 0 Å². The van der Waals surface area contributed by atoms with E-state index in [9.17, 15) is 14.0 Å². The van der Waals surface area contributed by atoms with Gasteiger partial charge < -0.3 is 10.6 Å². The number of thioether (sulfide) groups is 1. The summed E-state index contributed by atoms with van der Waals surface area (Å²) in [5, 5.41) is 15.3. The smallest absolute Gasteiger partial charge is 0.256 e. The minimum absolute atomic E-state index is 0.00652. The summed E-state index contributed by atoms with van der Waals surface area (Å²) in [7, 11) is 0. The lowest BCUT2D eigenvalue weighted by Gasteiger charge is -2.12. The van der Waals surface area contributed by atoms with Crippen LogP contribution in [0.5, 0.6) is 0 Å². The predicted molar refractivity (Wildman–Crippen MR) is 153 cm³/mol. The molecule has 2 heterocycles. The average Bonchev–Trinajstić information content (AvgIpc) is 3.51. The molecule has 2 amide bonds. The fourth-order valence-corrected chi connectivity index (χ4v) is 5.76. The Bertz CT molecular complexity index is 1660. The summed E-state index contributed by atoms with van der Waals surface area (Å²) >= 11 is 20.8. The Morgan fingerprint density at radius 2 is 1.79 bits per heavy atom. The van der Waals surface area contributed by atoms with E-state index in [1.165, 1.54) is 23.5 Å². The number of halogens is 4. The molecule has 0 aliphatic carbocycles. The Kier molecular flexibility index (Phi) is 8.34. The lowest BCUT2D eigenvalue weighted by atomic mass is 10.2. The highest BCUT2D eigenvalue weighted by atomic mass is 35.5. The van der Waals surface area contributed by atoms with Gasteiger partial charge >= 0.3 is 0 Å². The van der Waals surface area contributed by atoms with Gasteiger partial charge in [0.15, 0.2) is 16.1 Å². The van der Waals surface area contributed by atoms with Crippen molar-refractivity contribution in [1.82, 2.24) is 25.1 Å². The molecular weight excluding hydrogens is 606 g/mol. The summed E-state index contributed by atoms with van der Waals surface area (Å²) in [6.45, 7) is -0.116. The number of hydrogen-bond acceptors (Lipinski definition) is 7. The Hall–Kier alpha value is -3.22. The maximum Gasteiger partial charge on any atom is 0.256 e. The maximum absolute atomic E-state index is 14.2. The molecular formula is C25H16Cl3FN6O2S2. The van der Waals surface area contributed by atoms with Crippen LogP contribution in [0.1, 0.15) is 16.2 Å². The van der Waals surface area contributed by atoms with E-state index in [0.29, 0.717) is 31.8 Å². The van der Waals surface area contributed by atoms with Crippen molar-refractivity contribution < 1.29 is 14.0 Å². The molecule has 0 saturated heterocycles. The molecule has 0 aliphatic rings. The topological polar surface area (TPSA) is 102 Å². The predicted octanol–water partition coefficient (Wildman–Crippen LogP) is 6.64. The third-order valence-corrected chi connectivity index (χ3v) is 8.27. The Labute approximate surface area is 244 Å². The zero-order chi connectivity index (χ0) is 27.5. The number of carbonyl (C=O) groups excluding carboxylic acids is 2. The largest absolute Gasteiger partial charge is 0.345 e. The van der Waals surface area contributed by atoms with Crippen molar-refractivity contribution in [3.63, 3.8) is 0 Å². The highest BCUT2D eigenvalue weighted by molar-refractivity contribution is 7.99. The van der Waals surface area contributed by atoms with Crippen LogP contribution in [-0.4, -0.2) is 37.3 Å². The van der Waals surface area contributed by atoms with Gasteiger partial charge in [-0.25, -0.2) is 9.37 Å². The molecule has 3 aromatic carbocycles. The van der Waals surface area contributed by atoms with Crippen LogP contribution in [-0.2, 0) is 11.3 Å². The second-order valence-electron chi connectivity index (χ2n) is 7.94. The lowest BCUT2D eigenvalue weighted by Crippen LogP contribution is -2.26. The molecule has 5 rings (SSSR count). The number of benzene rings is 3. The van der Waals surface area contributed by atoms with Crippen molar-refractivity contribution >= 4 is 85.1 Å². The van der Waals surface area contributed by atoms with Crippen molar-refractivity contribution in [2.45, 2.75) is 11.7 Å². The third kappa shape index (κ3) is 6.18. The normalized spacial score (nSPS) is 11.1. The fourth-order valence-electron chi connectivity index (χ4n) is 3.57. The zero-order valence-electron chi connectivity index (χ0n) is 19.6. The van der Waals surface area contributed by atoms with Crippen molar-refractivity contribution in [3.05, 3.63) is 92.9 Å². The van der Waals surface area contributed by atoms with Crippen LogP contribution in [0.25, 0.3) is 15.9 Å². The van der Waals surface area contributed by atoms with Crippen LogP contribution in [0, 0.1) is 5.82 Å². The highest BCUT2D eigenvalue weighted by Crippen LogP contribution is 2.29. The first-order valence-corrected chi connectivity index (χ1v) is 14.1. The molecule has 0 radical (unpaired) electrons. The van der Waals surface area contributed by atoms with E-state index in [2.05, 4.69) is 25.8 Å². The number of amides is 2. The minimum atomic E-state index is -0.749. The molecule has 0 aliphatic heterocycles. The molecule has 0 bridgehead atoms. The summed E-state index contributed by atoms with van der Waals surface area (Å²) < 4.78 is 16.8. The third-order valence-electron chi connectivity index (χ3n) is 5.33. The molecule has 8 nitrogen and oxygen atoms in total. The van der Waals surface area contributed by atoms with E-state index >= 15 is 0 Å². The van der Waals surface area contributed by atoms with Crippen LogP contribution in [0.2, 0.25) is 15.1 Å². The molecule has 5 aromatic rings. The van der Waals surface area contributed by atoms with Crippen molar-refractivity contribution in [2.24, 2.45) is 0 Å². The van der Waals surface area contributed by atoms with Crippen molar-refractivity contribution in [3.8, 4) is 5.69 Å². The second kappa shape index (κ2) is 11.9. The molecule has 0 fully saturated rings. The van der Waals surface area contributed by atoms with Gasteiger partial charge in [-0.3, -0.25) is 14.2 Å². The number of rotatable bonds is 8. The van der Waals surface area contributed by atoms with Crippen LogP contribution >= 0.6 is 57.9 Å². The van der Waals surface area contributed by atoms with E-state index in [4.69, 9.17) is 34.8 Å². The molecule has 0 saturated carbocycles. The molecule has 0 spiro atoms. The average molecular weight is 622 g/mol. The first kappa shape index (κ1) is 27.4. The minimum Gasteiger partial charge on any atom is -0.345 e. The van der Waals surface area contributed by atoms with E-state index in [1.54, 1.807) is 22.8 Å². The Morgan fingerprint density at radius 1 is 0.974 bits per heavy atom. The van der Waals surface area contributed by atoms with Crippen LogP contribution < -0.4 is 10.6 Å². The van der Waals surface area contributed by atoms with Crippen LogP contribution in [0.15, 0.2) is 65.8 Å². The number of para-hydroxylation sites is 1. The number of aromatic nitrogens is 4. The maximum atomic E-state index is 14.2. The molecule has 14 heteroatoms. The Balaban J connectivity index is 1.35. The number of anilines is 1. The number of nitrogens with one attached hydrogen (secondary N) is 2. The highest BCUT2D eigenvalue weighted by Gasteiger charge is 2.20. The van der Waals surface area contributed by atoms with Gasteiger partial charge in [0.25, 0.3) is 5.91 Å². The van der Waals surface area contributed by atoms with Gasteiger partial charge in [-0.2, -0.15) is 0 Å². The summed E-state index contributed by atoms with van der Waals surface area (Å²) in [6.07, 6.45) is 0. The van der Waals surface area contributed by atoms with E-state index < -0.39 is 11.7 Å². The van der Waals surface area contributed by atoms with Crippen LogP contribution in [0.4, 0.5) is 9.52 Å². The first-order valence-electron chi connectivity index (χ1n) is 11.2. The van der Waals surface area contributed by atoms with Gasteiger partial charge in [0, 0.05) is 0 Å². The van der Waals surface area contributed by atoms with Crippen molar-refractivity contribution in [2.75, 3.05) is 11.1 Å². The molecule has 0 atom stereocenters. The van der Waals surface area contributed by atoms with E-state index in [0.717, 1.165) is 28.0 Å². The number of thiazole rings is 1. The second-order valence-corrected chi connectivity index (χ2v) is 11.1. The summed E-state index contributed by atoms with van der Waals surface area (Å²) in [4.78, 5) is 29.8. The lowest BCUT2D eigenvalue weighted by molar-refractivity contribution is -0.113. The monoisotopic (exact) mass is 620 g/mol. The molecule has 39 heavy (non-hydrogen) atoms. The van der Waals surface area contributed by atoms with E-state index in [1.807, 2.05) is 24.3 Å². The SMILES string of the molecule is O=C(CSc1nnc(CNC(=O)c2c(F)cccc2Cl)n1-c1ccc(Cl)c(Cl)c1)Nc1nc2ccccc2s1. The number of hydrogen-bond donors (Lipinski definition) is 2. The van der Waals surface area contributed by atoms with Gasteiger partial charge in [-0.15, -0.1) is 10.2 Å². The van der Waals surface area contributed by atoms with Gasteiger partial charge in [0.1, 0.15) is 5.82 Å². The van der Waals surface area contributed by atoms with E-state index in [-0.39, 0.29) is 28.8 Å². The van der Waals surface area contributed by atoms with Gasteiger partial charge in [-0.05, 0) is 42.5 Å².